The number of aromatic carboxylic acids is 1. The second-order valence-electron chi connectivity index (χ2n) is 7.23. The van der Waals surface area contributed by atoms with E-state index in [0.717, 1.165) is 35.6 Å². The van der Waals surface area contributed by atoms with E-state index in [1.54, 1.807) is 0 Å². The predicted molar refractivity (Wildman–Crippen MR) is 97.1 cm³/mol. The van der Waals surface area contributed by atoms with Gasteiger partial charge in [-0.3, -0.25) is 0 Å². The van der Waals surface area contributed by atoms with Gasteiger partial charge in [-0.15, -0.1) is 0 Å². The zero-order valence-corrected chi connectivity index (χ0v) is 14.6. The molecule has 0 spiro atoms. The van der Waals surface area contributed by atoms with E-state index in [9.17, 15) is 9.90 Å². The fourth-order valence-electron chi connectivity index (χ4n) is 3.04. The van der Waals surface area contributed by atoms with Crippen molar-refractivity contribution in [1.82, 2.24) is 4.98 Å². The molecule has 2 heterocycles. The Bertz CT molecular complexity index is 794. The third-order valence-corrected chi connectivity index (χ3v) is 4.37. The number of carboxylic acid groups (broad SMARTS) is 1. The van der Waals surface area contributed by atoms with Crippen molar-refractivity contribution >= 4 is 17.3 Å². The van der Waals surface area contributed by atoms with Crippen LogP contribution in [-0.2, 0) is 5.41 Å². The topological polar surface area (TPSA) is 65.5 Å². The van der Waals surface area contributed by atoms with Gasteiger partial charge < -0.3 is 15.3 Å². The van der Waals surface area contributed by atoms with Gasteiger partial charge in [0.2, 0.25) is 0 Å². The first kappa shape index (κ1) is 16.3. The molecule has 2 aromatic rings. The monoisotopic (exact) mass is 325 g/mol. The summed E-state index contributed by atoms with van der Waals surface area (Å²) in [5.41, 5.74) is 4.41. The Balaban J connectivity index is 2.07. The molecular weight excluding hydrogens is 302 g/mol. The highest BCUT2D eigenvalue weighted by atomic mass is 16.4. The fraction of sp³-hybridized carbons (Fsp3) is 0.368. The van der Waals surface area contributed by atoms with Crippen LogP contribution in [0.5, 0.6) is 0 Å². The van der Waals surface area contributed by atoms with Gasteiger partial charge in [0.25, 0.3) is 0 Å². The number of nitrogens with zero attached hydrogens (tertiary/aromatic N) is 2. The van der Waals surface area contributed by atoms with Crippen molar-refractivity contribution in [2.45, 2.75) is 26.2 Å². The standard InChI is InChI=1S/C19H23N3O2/c1-19(2,3)13-6-7-14(21-17(13)18(23)24)12-5-8-16-15(11-12)20-9-10-22(16)4/h5-8,11,20H,9-10H2,1-4H3,(H,23,24). The van der Waals surface area contributed by atoms with E-state index in [2.05, 4.69) is 28.3 Å². The van der Waals surface area contributed by atoms with Crippen LogP contribution in [0.15, 0.2) is 30.3 Å². The predicted octanol–water partition coefficient (Wildman–Crippen LogP) is 3.61. The Hall–Kier alpha value is -2.56. The minimum absolute atomic E-state index is 0.128. The summed E-state index contributed by atoms with van der Waals surface area (Å²) in [5, 5.41) is 12.9. The lowest BCUT2D eigenvalue weighted by Gasteiger charge is -2.29. The number of hydrogen-bond acceptors (Lipinski definition) is 4. The van der Waals surface area contributed by atoms with Crippen molar-refractivity contribution in [3.63, 3.8) is 0 Å². The van der Waals surface area contributed by atoms with Crippen LogP contribution < -0.4 is 10.2 Å². The van der Waals surface area contributed by atoms with E-state index in [1.807, 2.05) is 45.0 Å². The molecule has 0 atom stereocenters. The number of benzene rings is 1. The highest BCUT2D eigenvalue weighted by molar-refractivity contribution is 5.89. The summed E-state index contributed by atoms with van der Waals surface area (Å²) in [6, 6.07) is 9.87. The molecule has 0 unspecified atom stereocenters. The lowest BCUT2D eigenvalue weighted by atomic mass is 9.85. The lowest BCUT2D eigenvalue weighted by molar-refractivity contribution is 0.0687. The molecule has 0 radical (unpaired) electrons. The molecule has 24 heavy (non-hydrogen) atoms. The van der Waals surface area contributed by atoms with Crippen molar-refractivity contribution in [1.29, 1.82) is 0 Å². The van der Waals surface area contributed by atoms with Crippen LogP contribution in [-0.4, -0.2) is 36.2 Å². The summed E-state index contributed by atoms with van der Waals surface area (Å²) >= 11 is 0. The third kappa shape index (κ3) is 2.94. The van der Waals surface area contributed by atoms with Crippen LogP contribution in [0, 0.1) is 0 Å². The summed E-state index contributed by atoms with van der Waals surface area (Å²) < 4.78 is 0. The molecule has 0 fully saturated rings. The van der Waals surface area contributed by atoms with Gasteiger partial charge in [0, 0.05) is 25.7 Å². The molecule has 3 rings (SSSR count). The van der Waals surface area contributed by atoms with Crippen molar-refractivity contribution in [3.8, 4) is 11.3 Å². The number of rotatable bonds is 2. The van der Waals surface area contributed by atoms with Gasteiger partial charge in [0.1, 0.15) is 0 Å². The summed E-state index contributed by atoms with van der Waals surface area (Å²) in [6.45, 7) is 7.84. The van der Waals surface area contributed by atoms with Crippen molar-refractivity contribution in [2.75, 3.05) is 30.4 Å². The molecule has 5 nitrogen and oxygen atoms in total. The molecule has 1 aromatic carbocycles. The van der Waals surface area contributed by atoms with Gasteiger partial charge in [-0.25, -0.2) is 9.78 Å². The van der Waals surface area contributed by atoms with Crippen LogP contribution in [0.1, 0.15) is 36.8 Å². The van der Waals surface area contributed by atoms with Gasteiger partial charge in [-0.2, -0.15) is 0 Å². The smallest absolute Gasteiger partial charge is 0.354 e. The Kier molecular flexibility index (Phi) is 3.95. The number of nitrogens with one attached hydrogen (secondary N) is 1. The molecule has 0 bridgehead atoms. The highest BCUT2D eigenvalue weighted by Gasteiger charge is 2.24. The van der Waals surface area contributed by atoms with Crippen molar-refractivity contribution in [3.05, 3.63) is 41.6 Å². The van der Waals surface area contributed by atoms with Crippen LogP contribution in [0.2, 0.25) is 0 Å². The Labute approximate surface area is 142 Å². The van der Waals surface area contributed by atoms with E-state index >= 15 is 0 Å². The fourth-order valence-corrected chi connectivity index (χ4v) is 3.04. The van der Waals surface area contributed by atoms with E-state index in [1.165, 1.54) is 0 Å². The number of fused-ring (bicyclic) bond motifs is 1. The first-order chi connectivity index (χ1) is 11.3. The van der Waals surface area contributed by atoms with Crippen LogP contribution >= 0.6 is 0 Å². The zero-order valence-electron chi connectivity index (χ0n) is 14.6. The number of anilines is 2. The lowest BCUT2D eigenvalue weighted by Crippen LogP contribution is -2.30. The molecule has 126 valence electrons. The minimum Gasteiger partial charge on any atom is -0.477 e. The van der Waals surface area contributed by atoms with Gasteiger partial charge in [-0.05, 0) is 29.2 Å². The third-order valence-electron chi connectivity index (χ3n) is 4.37. The van der Waals surface area contributed by atoms with E-state index in [4.69, 9.17) is 0 Å². The van der Waals surface area contributed by atoms with Gasteiger partial charge in [0.15, 0.2) is 5.69 Å². The van der Waals surface area contributed by atoms with E-state index in [0.29, 0.717) is 5.69 Å². The van der Waals surface area contributed by atoms with E-state index in [-0.39, 0.29) is 11.1 Å². The number of carboxylic acids is 1. The molecule has 1 aliphatic rings. The molecule has 0 amide bonds. The minimum atomic E-state index is -0.988. The highest BCUT2D eigenvalue weighted by Crippen LogP contribution is 2.33. The zero-order chi connectivity index (χ0) is 17.5. The largest absolute Gasteiger partial charge is 0.477 e. The van der Waals surface area contributed by atoms with Crippen LogP contribution in [0.4, 0.5) is 11.4 Å². The second-order valence-corrected chi connectivity index (χ2v) is 7.23. The number of carbonyl (C=O) groups is 1. The SMILES string of the molecule is CN1CCNc2cc(-c3ccc(C(C)(C)C)c(C(=O)O)n3)ccc21. The molecule has 0 saturated carbocycles. The van der Waals surface area contributed by atoms with Gasteiger partial charge in [-0.1, -0.05) is 32.9 Å². The van der Waals surface area contributed by atoms with Crippen molar-refractivity contribution < 1.29 is 9.90 Å². The Morgan fingerprint density at radius 2 is 2.00 bits per heavy atom. The summed E-state index contributed by atoms with van der Waals surface area (Å²) in [5.74, 6) is -0.988. The Morgan fingerprint density at radius 1 is 1.25 bits per heavy atom. The number of aromatic nitrogens is 1. The quantitative estimate of drug-likeness (QED) is 0.883. The molecular formula is C19H23N3O2. The summed E-state index contributed by atoms with van der Waals surface area (Å²) in [7, 11) is 2.07. The van der Waals surface area contributed by atoms with Gasteiger partial charge in [0.05, 0.1) is 17.1 Å². The Morgan fingerprint density at radius 3 is 2.67 bits per heavy atom. The van der Waals surface area contributed by atoms with Gasteiger partial charge >= 0.3 is 5.97 Å². The van der Waals surface area contributed by atoms with E-state index < -0.39 is 5.97 Å². The molecule has 1 aromatic heterocycles. The summed E-state index contributed by atoms with van der Waals surface area (Å²) in [4.78, 5) is 18.3. The first-order valence-electron chi connectivity index (χ1n) is 8.11. The maximum absolute atomic E-state index is 11.6. The molecule has 2 N–H and O–H groups in total. The van der Waals surface area contributed by atoms with Crippen molar-refractivity contribution in [2.24, 2.45) is 0 Å². The average molecular weight is 325 g/mol. The number of likely N-dealkylation sites (N-methyl/N-ethyl adjacent to an activating group) is 1. The van der Waals surface area contributed by atoms with Crippen LogP contribution in [0.25, 0.3) is 11.3 Å². The van der Waals surface area contributed by atoms with Crippen LogP contribution in [0.3, 0.4) is 0 Å². The molecule has 1 aliphatic heterocycles. The number of pyridine rings is 1. The normalized spacial score (nSPS) is 14.1. The maximum atomic E-state index is 11.6. The average Bonchev–Trinajstić information content (AvgIpc) is 2.53. The molecule has 5 heteroatoms. The number of hydrogen-bond donors (Lipinski definition) is 2. The summed E-state index contributed by atoms with van der Waals surface area (Å²) in [6.07, 6.45) is 0. The first-order valence-corrected chi connectivity index (χ1v) is 8.11. The molecule has 0 aliphatic carbocycles. The molecule has 0 saturated heterocycles. The maximum Gasteiger partial charge on any atom is 0.354 e. The second kappa shape index (κ2) is 5.82.